The lowest BCUT2D eigenvalue weighted by molar-refractivity contribution is -0.127. The Balaban J connectivity index is 1.56. The number of hydrogen-bond donors (Lipinski definition) is 1. The van der Waals surface area contributed by atoms with E-state index in [4.69, 9.17) is 21.1 Å². The molecule has 0 bridgehead atoms. The van der Waals surface area contributed by atoms with Crippen LogP contribution in [0.5, 0.6) is 11.5 Å². The summed E-state index contributed by atoms with van der Waals surface area (Å²) >= 11 is 6.10. The van der Waals surface area contributed by atoms with Gasteiger partial charge in [-0.05, 0) is 54.3 Å². The van der Waals surface area contributed by atoms with Crippen molar-refractivity contribution >= 4 is 33.2 Å². The predicted molar refractivity (Wildman–Crippen MR) is 145 cm³/mol. The van der Waals surface area contributed by atoms with Crippen LogP contribution in [0.25, 0.3) is 0 Å². The van der Waals surface area contributed by atoms with E-state index in [-0.39, 0.29) is 30.0 Å². The van der Waals surface area contributed by atoms with Gasteiger partial charge in [-0.1, -0.05) is 68.3 Å². The maximum atomic E-state index is 13.7. The van der Waals surface area contributed by atoms with Crippen molar-refractivity contribution < 1.29 is 22.7 Å². The molecule has 0 spiro atoms. The number of nitrogens with zero attached hydrogens (tertiary/aromatic N) is 1. The van der Waals surface area contributed by atoms with Gasteiger partial charge in [-0.3, -0.25) is 9.10 Å². The third-order valence-corrected chi connectivity index (χ3v) is 8.20. The van der Waals surface area contributed by atoms with Crippen LogP contribution in [-0.4, -0.2) is 40.1 Å². The molecule has 1 atom stereocenters. The highest BCUT2D eigenvalue weighted by atomic mass is 35.5. The molecule has 0 fully saturated rings. The van der Waals surface area contributed by atoms with Crippen LogP contribution in [0.3, 0.4) is 0 Å². The van der Waals surface area contributed by atoms with E-state index < -0.39 is 22.0 Å². The summed E-state index contributed by atoms with van der Waals surface area (Å²) in [6, 6.07) is 19.2. The van der Waals surface area contributed by atoms with Crippen molar-refractivity contribution in [3.8, 4) is 11.5 Å². The highest BCUT2D eigenvalue weighted by Gasteiger charge is 2.38. The number of sulfonamides is 1. The highest BCUT2D eigenvalue weighted by Crippen LogP contribution is 2.40. The van der Waals surface area contributed by atoms with Gasteiger partial charge in [0.2, 0.25) is 0 Å². The fraction of sp³-hybridized carbons (Fsp3) is 0.321. The van der Waals surface area contributed by atoms with Crippen LogP contribution >= 0.6 is 11.6 Å². The van der Waals surface area contributed by atoms with Crippen molar-refractivity contribution in [3.05, 3.63) is 82.9 Å². The number of carbonyl (C=O) groups is 1. The molecule has 196 valence electrons. The fourth-order valence-electron chi connectivity index (χ4n) is 3.93. The Labute approximate surface area is 223 Å². The third-order valence-electron chi connectivity index (χ3n) is 6.09. The van der Waals surface area contributed by atoms with Crippen LogP contribution in [0.2, 0.25) is 5.02 Å². The summed E-state index contributed by atoms with van der Waals surface area (Å²) in [5.74, 6) is 0.422. The molecule has 0 aliphatic carbocycles. The van der Waals surface area contributed by atoms with E-state index in [2.05, 4.69) is 26.1 Å². The second-order valence-electron chi connectivity index (χ2n) is 9.96. The average molecular weight is 543 g/mol. The van der Waals surface area contributed by atoms with E-state index in [1.165, 1.54) is 4.31 Å². The van der Waals surface area contributed by atoms with Gasteiger partial charge in [0.1, 0.15) is 18.1 Å². The standard InChI is InChI=1S/C28H31ClN2O5S/c1-19-9-12-21(13-10-19)37(33,34)31-18-26(36-25-14-11-20(17-23(25)31)28(2,3)4)27(32)30-15-16-35-24-8-6-5-7-22(24)29/h5-14,17,26H,15-16,18H2,1-4H3,(H,30,32). The first-order valence-corrected chi connectivity index (χ1v) is 13.8. The lowest BCUT2D eigenvalue weighted by Gasteiger charge is -2.36. The number of nitrogens with one attached hydrogen (secondary N) is 1. The summed E-state index contributed by atoms with van der Waals surface area (Å²) in [5.41, 5.74) is 2.12. The number of benzene rings is 3. The zero-order chi connectivity index (χ0) is 26.8. The van der Waals surface area contributed by atoms with Crippen LogP contribution in [0.15, 0.2) is 71.6 Å². The lowest BCUT2D eigenvalue weighted by Crippen LogP contribution is -2.51. The van der Waals surface area contributed by atoms with Gasteiger partial charge < -0.3 is 14.8 Å². The minimum atomic E-state index is -3.95. The number of para-hydroxylation sites is 1. The SMILES string of the molecule is Cc1ccc(S(=O)(=O)N2CC(C(=O)NCCOc3ccccc3Cl)Oc3ccc(C(C)(C)C)cc32)cc1. The molecule has 1 heterocycles. The number of amides is 1. The third kappa shape index (κ3) is 6.02. The van der Waals surface area contributed by atoms with E-state index in [9.17, 15) is 13.2 Å². The summed E-state index contributed by atoms with van der Waals surface area (Å²) < 4.78 is 40.4. The average Bonchev–Trinajstić information content (AvgIpc) is 2.86. The molecule has 9 heteroatoms. The number of fused-ring (bicyclic) bond motifs is 1. The van der Waals surface area contributed by atoms with E-state index in [0.717, 1.165) is 11.1 Å². The van der Waals surface area contributed by atoms with E-state index in [0.29, 0.717) is 22.2 Å². The van der Waals surface area contributed by atoms with Crippen molar-refractivity contribution in [2.75, 3.05) is 24.0 Å². The number of halogens is 1. The maximum absolute atomic E-state index is 13.7. The van der Waals surface area contributed by atoms with E-state index in [1.807, 2.05) is 19.1 Å². The Kier molecular flexibility index (Phi) is 7.71. The van der Waals surface area contributed by atoms with Crippen molar-refractivity contribution in [3.63, 3.8) is 0 Å². The van der Waals surface area contributed by atoms with E-state index in [1.54, 1.807) is 54.6 Å². The van der Waals surface area contributed by atoms with Gasteiger partial charge in [-0.25, -0.2) is 8.42 Å². The molecule has 37 heavy (non-hydrogen) atoms. The maximum Gasteiger partial charge on any atom is 0.264 e. The molecule has 0 radical (unpaired) electrons. The van der Waals surface area contributed by atoms with Crippen LogP contribution in [-0.2, 0) is 20.2 Å². The lowest BCUT2D eigenvalue weighted by atomic mass is 9.86. The molecule has 0 aromatic heterocycles. The van der Waals surface area contributed by atoms with Crippen LogP contribution in [0, 0.1) is 6.92 Å². The Hall–Kier alpha value is -3.23. The van der Waals surface area contributed by atoms with E-state index >= 15 is 0 Å². The first kappa shape index (κ1) is 26.8. The highest BCUT2D eigenvalue weighted by molar-refractivity contribution is 7.92. The number of ether oxygens (including phenoxy) is 2. The summed E-state index contributed by atoms with van der Waals surface area (Å²) in [4.78, 5) is 13.2. The molecule has 0 saturated heterocycles. The van der Waals surface area contributed by atoms with Gasteiger partial charge in [0.25, 0.3) is 15.9 Å². The predicted octanol–water partition coefficient (Wildman–Crippen LogP) is 5.10. The van der Waals surface area contributed by atoms with Crippen LogP contribution < -0.4 is 19.1 Å². The van der Waals surface area contributed by atoms with Crippen molar-refractivity contribution in [1.82, 2.24) is 5.32 Å². The normalized spacial score (nSPS) is 15.5. The molecule has 0 saturated carbocycles. The largest absolute Gasteiger partial charge is 0.490 e. The molecule has 1 amide bonds. The first-order valence-electron chi connectivity index (χ1n) is 12.0. The number of carbonyl (C=O) groups excluding carboxylic acids is 1. The van der Waals surface area contributed by atoms with Gasteiger partial charge in [0.15, 0.2) is 6.10 Å². The second-order valence-corrected chi connectivity index (χ2v) is 12.2. The topological polar surface area (TPSA) is 84.9 Å². The minimum Gasteiger partial charge on any atom is -0.490 e. The van der Waals surface area contributed by atoms with Crippen molar-refractivity contribution in [2.24, 2.45) is 0 Å². The van der Waals surface area contributed by atoms with Gasteiger partial charge in [0.05, 0.1) is 28.7 Å². The molecule has 1 N–H and O–H groups in total. The summed E-state index contributed by atoms with van der Waals surface area (Å²) in [5, 5.41) is 3.25. The molecule has 4 rings (SSSR count). The molecular formula is C28H31ClN2O5S. The Bertz CT molecular complexity index is 1380. The van der Waals surface area contributed by atoms with Gasteiger partial charge >= 0.3 is 0 Å². The van der Waals surface area contributed by atoms with Gasteiger partial charge in [-0.2, -0.15) is 0 Å². The number of anilines is 1. The summed E-state index contributed by atoms with van der Waals surface area (Å²) in [6.07, 6.45) is -1.03. The monoisotopic (exact) mass is 542 g/mol. The molecule has 1 aliphatic rings. The second kappa shape index (κ2) is 10.6. The van der Waals surface area contributed by atoms with Crippen molar-refractivity contribution in [1.29, 1.82) is 0 Å². The summed E-state index contributed by atoms with van der Waals surface area (Å²) in [7, 11) is -3.95. The van der Waals surface area contributed by atoms with Gasteiger partial charge in [-0.15, -0.1) is 0 Å². The molecular weight excluding hydrogens is 512 g/mol. The Morgan fingerprint density at radius 2 is 1.81 bits per heavy atom. The zero-order valence-electron chi connectivity index (χ0n) is 21.3. The van der Waals surface area contributed by atoms with Crippen LogP contribution in [0.1, 0.15) is 31.9 Å². The fourth-order valence-corrected chi connectivity index (χ4v) is 5.59. The molecule has 3 aromatic carbocycles. The molecule has 3 aromatic rings. The summed E-state index contributed by atoms with van der Waals surface area (Å²) in [6.45, 7) is 8.29. The Morgan fingerprint density at radius 1 is 1.11 bits per heavy atom. The minimum absolute atomic E-state index is 0.152. The smallest absolute Gasteiger partial charge is 0.264 e. The zero-order valence-corrected chi connectivity index (χ0v) is 22.9. The molecule has 1 aliphatic heterocycles. The number of aryl methyl sites for hydroxylation is 1. The molecule has 1 unspecified atom stereocenters. The quantitative estimate of drug-likeness (QED) is 0.420. The van der Waals surface area contributed by atoms with Gasteiger partial charge in [0, 0.05) is 0 Å². The Morgan fingerprint density at radius 3 is 2.49 bits per heavy atom. The first-order chi connectivity index (χ1) is 17.5. The number of rotatable bonds is 7. The van der Waals surface area contributed by atoms with Crippen LogP contribution in [0.4, 0.5) is 5.69 Å². The number of hydrogen-bond acceptors (Lipinski definition) is 5. The van der Waals surface area contributed by atoms with Crippen molar-refractivity contribution in [2.45, 2.75) is 44.1 Å². The molecule has 7 nitrogen and oxygen atoms in total.